The van der Waals surface area contributed by atoms with Crippen LogP contribution < -0.4 is 4.90 Å². The molecule has 2 atom stereocenters. The van der Waals surface area contributed by atoms with Crippen LogP contribution in [0.15, 0.2) is 22.7 Å². The molecule has 0 saturated carbocycles. The predicted molar refractivity (Wildman–Crippen MR) is 66.8 cm³/mol. The second-order valence-corrected chi connectivity index (χ2v) is 5.20. The summed E-state index contributed by atoms with van der Waals surface area (Å²) in [6.07, 6.45) is 0.804. The molecule has 1 aromatic carbocycles. The second kappa shape index (κ2) is 4.09. The summed E-state index contributed by atoms with van der Waals surface area (Å²) in [7, 11) is 1.96. The Morgan fingerprint density at radius 2 is 2.31 bits per heavy atom. The first-order chi connectivity index (χ1) is 7.50. The zero-order valence-corrected chi connectivity index (χ0v) is 10.9. The van der Waals surface area contributed by atoms with Gasteiger partial charge >= 0.3 is 5.97 Å². The van der Waals surface area contributed by atoms with Crippen LogP contribution in [0.4, 0.5) is 5.69 Å². The summed E-state index contributed by atoms with van der Waals surface area (Å²) in [4.78, 5) is 13.1. The summed E-state index contributed by atoms with van der Waals surface area (Å²) in [5.74, 6) is -1.08. The molecule has 0 amide bonds. The molecule has 4 heteroatoms. The number of hydrogen-bond donors (Lipinski definition) is 1. The molecule has 0 aromatic heterocycles. The lowest BCUT2D eigenvalue weighted by Crippen LogP contribution is -2.37. The number of carbonyl (C=O) groups is 1. The number of halogens is 1. The molecule has 1 aliphatic heterocycles. The van der Waals surface area contributed by atoms with E-state index in [1.54, 1.807) is 6.92 Å². The van der Waals surface area contributed by atoms with Crippen LogP contribution in [0.3, 0.4) is 0 Å². The van der Waals surface area contributed by atoms with Crippen LogP contribution in [-0.4, -0.2) is 24.2 Å². The van der Waals surface area contributed by atoms with Gasteiger partial charge in [-0.1, -0.05) is 15.9 Å². The zero-order valence-electron chi connectivity index (χ0n) is 9.27. The number of aliphatic carboxylic acids is 1. The molecule has 1 aliphatic rings. The lowest BCUT2D eigenvalue weighted by Gasteiger charge is -2.25. The summed E-state index contributed by atoms with van der Waals surface area (Å²) < 4.78 is 1.04. The molecular formula is C12H14BrNO2. The minimum Gasteiger partial charge on any atom is -0.481 e. The number of carboxylic acids is 1. The van der Waals surface area contributed by atoms with E-state index in [9.17, 15) is 4.79 Å². The fourth-order valence-corrected chi connectivity index (χ4v) is 2.69. The first kappa shape index (κ1) is 11.5. The quantitative estimate of drug-likeness (QED) is 0.907. The van der Waals surface area contributed by atoms with E-state index in [1.807, 2.05) is 19.2 Å². The van der Waals surface area contributed by atoms with Crippen molar-refractivity contribution < 1.29 is 9.90 Å². The lowest BCUT2D eigenvalue weighted by atomic mass is 9.98. The Labute approximate surface area is 103 Å². The number of nitrogens with zero attached hydrogens (tertiary/aromatic N) is 1. The normalized spacial score (nSPS) is 20.7. The summed E-state index contributed by atoms with van der Waals surface area (Å²) in [6.45, 7) is 1.77. The van der Waals surface area contributed by atoms with E-state index in [0.29, 0.717) is 0 Å². The molecule has 1 aromatic rings. The average Bonchev–Trinajstić information content (AvgIpc) is 2.54. The molecule has 0 radical (unpaired) electrons. The predicted octanol–water partition coefficient (Wildman–Crippen LogP) is 2.53. The molecule has 2 unspecified atom stereocenters. The van der Waals surface area contributed by atoms with Crippen LogP contribution in [0.1, 0.15) is 12.5 Å². The SMILES string of the molecule is CC(C(=O)O)C1Cc2cc(Br)ccc2N1C. The van der Waals surface area contributed by atoms with Crippen LogP contribution in [-0.2, 0) is 11.2 Å². The molecule has 0 spiro atoms. The standard InChI is InChI=1S/C12H14BrNO2/c1-7(12(15)16)11-6-8-5-9(13)3-4-10(8)14(11)2/h3-5,7,11H,6H2,1-2H3,(H,15,16). The van der Waals surface area contributed by atoms with E-state index in [4.69, 9.17) is 5.11 Å². The molecule has 0 fully saturated rings. The van der Waals surface area contributed by atoms with Crippen LogP contribution in [0, 0.1) is 5.92 Å². The van der Waals surface area contributed by atoms with Gasteiger partial charge in [0.1, 0.15) is 0 Å². The van der Waals surface area contributed by atoms with E-state index < -0.39 is 5.97 Å². The first-order valence-corrected chi connectivity index (χ1v) is 6.04. The van der Waals surface area contributed by atoms with E-state index in [1.165, 1.54) is 5.56 Å². The van der Waals surface area contributed by atoms with Crippen LogP contribution >= 0.6 is 15.9 Å². The van der Waals surface area contributed by atoms with Gasteiger partial charge in [0.2, 0.25) is 0 Å². The van der Waals surface area contributed by atoms with Crippen LogP contribution in [0.25, 0.3) is 0 Å². The highest BCUT2D eigenvalue weighted by atomic mass is 79.9. The third-order valence-electron chi connectivity index (χ3n) is 3.31. The Morgan fingerprint density at radius 3 is 2.94 bits per heavy atom. The topological polar surface area (TPSA) is 40.5 Å². The summed E-state index contributed by atoms with van der Waals surface area (Å²) in [6, 6.07) is 6.15. The van der Waals surface area contributed by atoms with Gasteiger partial charge in [0.25, 0.3) is 0 Å². The van der Waals surface area contributed by atoms with Crippen molar-refractivity contribution in [2.75, 3.05) is 11.9 Å². The summed E-state index contributed by atoms with van der Waals surface area (Å²) >= 11 is 3.44. The molecule has 2 rings (SSSR count). The third kappa shape index (κ3) is 1.82. The number of likely N-dealkylation sites (N-methyl/N-ethyl adjacent to an activating group) is 1. The lowest BCUT2D eigenvalue weighted by molar-refractivity contribution is -0.141. The third-order valence-corrected chi connectivity index (χ3v) is 3.81. The Bertz CT molecular complexity index is 433. The van der Waals surface area contributed by atoms with Crippen molar-refractivity contribution in [2.24, 2.45) is 5.92 Å². The van der Waals surface area contributed by atoms with E-state index >= 15 is 0 Å². The molecular weight excluding hydrogens is 270 g/mol. The van der Waals surface area contributed by atoms with Crippen molar-refractivity contribution in [2.45, 2.75) is 19.4 Å². The highest BCUT2D eigenvalue weighted by Gasteiger charge is 2.33. The maximum absolute atomic E-state index is 11.0. The Balaban J connectivity index is 2.30. The minimum absolute atomic E-state index is 0.0572. The summed E-state index contributed by atoms with van der Waals surface area (Å²) in [5.41, 5.74) is 2.36. The number of carboxylic acid groups (broad SMARTS) is 1. The molecule has 3 nitrogen and oxygen atoms in total. The molecule has 1 N–H and O–H groups in total. The fraction of sp³-hybridized carbons (Fsp3) is 0.417. The minimum atomic E-state index is -0.733. The monoisotopic (exact) mass is 283 g/mol. The number of anilines is 1. The molecule has 0 saturated heterocycles. The van der Waals surface area contributed by atoms with Crippen molar-refractivity contribution in [3.05, 3.63) is 28.2 Å². The molecule has 86 valence electrons. The molecule has 0 bridgehead atoms. The highest BCUT2D eigenvalue weighted by molar-refractivity contribution is 9.10. The van der Waals surface area contributed by atoms with E-state index in [2.05, 4.69) is 26.9 Å². The van der Waals surface area contributed by atoms with Crippen molar-refractivity contribution >= 4 is 27.6 Å². The van der Waals surface area contributed by atoms with Crippen molar-refractivity contribution in [3.63, 3.8) is 0 Å². The van der Waals surface area contributed by atoms with Crippen molar-refractivity contribution in [1.29, 1.82) is 0 Å². The Hall–Kier alpha value is -1.03. The molecule has 1 heterocycles. The smallest absolute Gasteiger partial charge is 0.308 e. The maximum Gasteiger partial charge on any atom is 0.308 e. The number of fused-ring (bicyclic) bond motifs is 1. The second-order valence-electron chi connectivity index (χ2n) is 4.28. The van der Waals surface area contributed by atoms with Gasteiger partial charge in [-0.15, -0.1) is 0 Å². The van der Waals surface area contributed by atoms with Gasteiger partial charge in [0.05, 0.1) is 5.92 Å². The number of benzene rings is 1. The van der Waals surface area contributed by atoms with Gasteiger partial charge in [-0.25, -0.2) is 0 Å². The van der Waals surface area contributed by atoms with Gasteiger partial charge < -0.3 is 10.0 Å². The summed E-state index contributed by atoms with van der Waals surface area (Å²) in [5, 5.41) is 9.06. The number of rotatable bonds is 2. The Morgan fingerprint density at radius 1 is 1.62 bits per heavy atom. The van der Waals surface area contributed by atoms with Gasteiger partial charge in [-0.3, -0.25) is 4.79 Å². The van der Waals surface area contributed by atoms with Crippen molar-refractivity contribution in [1.82, 2.24) is 0 Å². The van der Waals surface area contributed by atoms with Gasteiger partial charge in [0.15, 0.2) is 0 Å². The molecule has 16 heavy (non-hydrogen) atoms. The number of hydrogen-bond acceptors (Lipinski definition) is 2. The van der Waals surface area contributed by atoms with Gasteiger partial charge in [-0.2, -0.15) is 0 Å². The van der Waals surface area contributed by atoms with Crippen molar-refractivity contribution in [3.8, 4) is 0 Å². The fourth-order valence-electron chi connectivity index (χ4n) is 2.28. The van der Waals surface area contributed by atoms with Crippen LogP contribution in [0.2, 0.25) is 0 Å². The van der Waals surface area contributed by atoms with Gasteiger partial charge in [-0.05, 0) is 37.1 Å². The largest absolute Gasteiger partial charge is 0.481 e. The highest BCUT2D eigenvalue weighted by Crippen LogP contribution is 2.35. The Kier molecular flexibility index (Phi) is 2.93. The average molecular weight is 284 g/mol. The zero-order chi connectivity index (χ0) is 11.9. The van der Waals surface area contributed by atoms with E-state index in [0.717, 1.165) is 16.6 Å². The maximum atomic E-state index is 11.0. The van der Waals surface area contributed by atoms with Gasteiger partial charge in [0, 0.05) is 23.2 Å². The van der Waals surface area contributed by atoms with Crippen LogP contribution in [0.5, 0.6) is 0 Å². The molecule has 0 aliphatic carbocycles. The van der Waals surface area contributed by atoms with E-state index in [-0.39, 0.29) is 12.0 Å². The first-order valence-electron chi connectivity index (χ1n) is 5.24.